The van der Waals surface area contributed by atoms with E-state index in [0.717, 1.165) is 19.3 Å². The maximum atomic E-state index is 12.7. The van der Waals surface area contributed by atoms with E-state index in [-0.39, 0.29) is 3.92 Å². The summed E-state index contributed by atoms with van der Waals surface area (Å²) < 4.78 is 5.37. The highest BCUT2D eigenvalue weighted by molar-refractivity contribution is 14.1. The van der Waals surface area contributed by atoms with Crippen LogP contribution in [-0.2, 0) is 9.53 Å². The van der Waals surface area contributed by atoms with Crippen molar-refractivity contribution < 1.29 is 9.53 Å². The molecular formula is C17H27IO2. The molecule has 0 saturated carbocycles. The average Bonchev–Trinajstić information content (AvgIpc) is 2.47. The molecule has 2 nitrogen and oxygen atoms in total. The van der Waals surface area contributed by atoms with Crippen LogP contribution < -0.4 is 0 Å². The Labute approximate surface area is 137 Å². The predicted molar refractivity (Wildman–Crippen MR) is 93.4 cm³/mol. The Morgan fingerprint density at radius 3 is 2.50 bits per heavy atom. The third kappa shape index (κ3) is 5.32. The average molecular weight is 390 g/mol. The third-order valence-electron chi connectivity index (χ3n) is 3.79. The van der Waals surface area contributed by atoms with Gasteiger partial charge in [-0.05, 0) is 12.8 Å². The van der Waals surface area contributed by atoms with E-state index in [1.54, 1.807) is 7.11 Å². The molecular weight excluding hydrogens is 363 g/mol. The van der Waals surface area contributed by atoms with Crippen LogP contribution >= 0.6 is 22.6 Å². The fraction of sp³-hybridized carbons (Fsp3) is 0.706. The zero-order valence-electron chi connectivity index (χ0n) is 12.7. The molecule has 0 heterocycles. The van der Waals surface area contributed by atoms with Crippen LogP contribution in [0, 0.1) is 5.41 Å². The van der Waals surface area contributed by atoms with Gasteiger partial charge < -0.3 is 4.74 Å². The summed E-state index contributed by atoms with van der Waals surface area (Å²) in [6, 6.07) is 0. The standard InChI is InChI=1S/C17H27IO2/c1-3-4-5-6-8-11-15(18)16(19)17(14-20-2)12-9-7-10-13-17/h9-10,12-13,15H,3-8,11,14H2,1-2H3. The van der Waals surface area contributed by atoms with Gasteiger partial charge in [-0.15, -0.1) is 0 Å². The quantitative estimate of drug-likeness (QED) is 0.230. The third-order valence-corrected chi connectivity index (χ3v) is 4.98. The number of ether oxygens (including phenoxy) is 1. The number of alkyl halides is 1. The van der Waals surface area contributed by atoms with E-state index >= 15 is 0 Å². The van der Waals surface area contributed by atoms with Gasteiger partial charge in [0.25, 0.3) is 0 Å². The minimum atomic E-state index is -0.526. The minimum Gasteiger partial charge on any atom is -0.383 e. The number of hydrogen-bond acceptors (Lipinski definition) is 2. The molecule has 0 bridgehead atoms. The van der Waals surface area contributed by atoms with Crippen molar-refractivity contribution in [3.63, 3.8) is 0 Å². The van der Waals surface area contributed by atoms with E-state index in [9.17, 15) is 4.79 Å². The number of halogens is 1. The second kappa shape index (κ2) is 9.72. The fourth-order valence-electron chi connectivity index (χ4n) is 2.61. The van der Waals surface area contributed by atoms with E-state index in [1.807, 2.05) is 12.2 Å². The molecule has 1 atom stereocenters. The van der Waals surface area contributed by atoms with Crippen molar-refractivity contribution in [3.05, 3.63) is 24.3 Å². The van der Waals surface area contributed by atoms with E-state index < -0.39 is 5.41 Å². The molecule has 114 valence electrons. The first-order chi connectivity index (χ1) is 9.66. The molecule has 3 heteroatoms. The number of carbonyl (C=O) groups is 1. The zero-order chi connectivity index (χ0) is 14.8. The molecule has 0 aromatic heterocycles. The van der Waals surface area contributed by atoms with E-state index in [0.29, 0.717) is 12.4 Å². The molecule has 1 rings (SSSR count). The van der Waals surface area contributed by atoms with Gasteiger partial charge in [-0.1, -0.05) is 85.9 Å². The lowest BCUT2D eigenvalue weighted by molar-refractivity contribution is -0.125. The number of ketones is 1. The molecule has 1 aliphatic carbocycles. The highest BCUT2D eigenvalue weighted by Gasteiger charge is 2.37. The molecule has 0 saturated heterocycles. The van der Waals surface area contributed by atoms with Gasteiger partial charge in [0.05, 0.1) is 15.9 Å². The molecule has 0 radical (unpaired) electrons. The highest BCUT2D eigenvalue weighted by Crippen LogP contribution is 2.32. The summed E-state index contributed by atoms with van der Waals surface area (Å²) in [5.41, 5.74) is -0.526. The number of rotatable bonds is 10. The minimum absolute atomic E-state index is 0.0803. The van der Waals surface area contributed by atoms with Crippen LogP contribution in [0.25, 0.3) is 0 Å². The monoisotopic (exact) mass is 390 g/mol. The second-order valence-electron chi connectivity index (χ2n) is 5.55. The van der Waals surface area contributed by atoms with Crippen molar-refractivity contribution in [3.8, 4) is 0 Å². The van der Waals surface area contributed by atoms with Gasteiger partial charge in [0.15, 0.2) is 5.78 Å². The van der Waals surface area contributed by atoms with Gasteiger partial charge in [0, 0.05) is 7.11 Å². The van der Waals surface area contributed by atoms with Crippen LogP contribution in [0.15, 0.2) is 24.3 Å². The number of carbonyl (C=O) groups excluding carboxylic acids is 1. The van der Waals surface area contributed by atoms with E-state index in [2.05, 4.69) is 41.7 Å². The Bertz CT molecular complexity index is 335. The van der Waals surface area contributed by atoms with Crippen molar-refractivity contribution in [1.82, 2.24) is 0 Å². The summed E-state index contributed by atoms with van der Waals surface area (Å²) in [6.07, 6.45) is 16.3. The zero-order valence-corrected chi connectivity index (χ0v) is 14.9. The Kier molecular flexibility index (Phi) is 8.69. The van der Waals surface area contributed by atoms with Gasteiger partial charge in [0.1, 0.15) is 0 Å². The molecule has 0 aromatic carbocycles. The topological polar surface area (TPSA) is 26.3 Å². The lowest BCUT2D eigenvalue weighted by atomic mass is 9.79. The summed E-state index contributed by atoms with van der Waals surface area (Å²) in [5, 5.41) is 0. The SMILES string of the molecule is CCCCCCCC(I)C(=O)C1(COC)C=CCC=C1. The molecule has 0 fully saturated rings. The van der Waals surface area contributed by atoms with Crippen LogP contribution in [0.2, 0.25) is 0 Å². The molecule has 20 heavy (non-hydrogen) atoms. The first-order valence-corrected chi connectivity index (χ1v) is 8.93. The number of unbranched alkanes of at least 4 members (excludes halogenated alkanes) is 4. The van der Waals surface area contributed by atoms with Gasteiger partial charge in [-0.2, -0.15) is 0 Å². The first-order valence-electron chi connectivity index (χ1n) is 7.69. The van der Waals surface area contributed by atoms with Crippen LogP contribution in [0.3, 0.4) is 0 Å². The fourth-order valence-corrected chi connectivity index (χ4v) is 3.63. The second-order valence-corrected chi connectivity index (χ2v) is 7.05. The van der Waals surface area contributed by atoms with Crippen LogP contribution in [0.1, 0.15) is 51.9 Å². The Balaban J connectivity index is 2.50. The Morgan fingerprint density at radius 1 is 1.25 bits per heavy atom. The van der Waals surface area contributed by atoms with Gasteiger partial charge >= 0.3 is 0 Å². The molecule has 1 aliphatic rings. The number of hydrogen-bond donors (Lipinski definition) is 0. The van der Waals surface area contributed by atoms with Crippen molar-refractivity contribution in [2.75, 3.05) is 13.7 Å². The summed E-state index contributed by atoms with van der Waals surface area (Å²) >= 11 is 2.31. The highest BCUT2D eigenvalue weighted by atomic mass is 127. The molecule has 0 aliphatic heterocycles. The number of Topliss-reactive ketones (excluding diaryl/α,β-unsaturated/α-hetero) is 1. The van der Waals surface area contributed by atoms with E-state index in [1.165, 1.54) is 25.7 Å². The number of allylic oxidation sites excluding steroid dienone is 2. The molecule has 0 N–H and O–H groups in total. The van der Waals surface area contributed by atoms with Crippen molar-refractivity contribution in [2.45, 2.75) is 55.8 Å². The summed E-state index contributed by atoms with van der Waals surface area (Å²) in [7, 11) is 1.66. The molecule has 1 unspecified atom stereocenters. The van der Waals surface area contributed by atoms with Crippen molar-refractivity contribution >= 4 is 28.4 Å². The lowest BCUT2D eigenvalue weighted by Gasteiger charge is -2.29. The molecule has 0 amide bonds. The maximum absolute atomic E-state index is 12.7. The predicted octanol–water partition coefficient (Wildman–Crippen LogP) is 4.87. The smallest absolute Gasteiger partial charge is 0.161 e. The largest absolute Gasteiger partial charge is 0.383 e. The summed E-state index contributed by atoms with van der Waals surface area (Å²) in [5.74, 6) is 0.294. The van der Waals surface area contributed by atoms with Crippen LogP contribution in [-0.4, -0.2) is 23.4 Å². The van der Waals surface area contributed by atoms with Crippen molar-refractivity contribution in [1.29, 1.82) is 0 Å². The van der Waals surface area contributed by atoms with Crippen LogP contribution in [0.4, 0.5) is 0 Å². The number of methoxy groups -OCH3 is 1. The summed E-state index contributed by atoms with van der Waals surface area (Å²) in [6.45, 7) is 2.68. The lowest BCUT2D eigenvalue weighted by Crippen LogP contribution is -2.38. The summed E-state index contributed by atoms with van der Waals surface area (Å²) in [4.78, 5) is 12.7. The van der Waals surface area contributed by atoms with Crippen molar-refractivity contribution in [2.24, 2.45) is 5.41 Å². The van der Waals surface area contributed by atoms with Gasteiger partial charge in [0.2, 0.25) is 0 Å². The maximum Gasteiger partial charge on any atom is 0.161 e. The van der Waals surface area contributed by atoms with Gasteiger partial charge in [-0.3, -0.25) is 4.79 Å². The molecule has 0 spiro atoms. The Hall–Kier alpha value is -0.160. The normalized spacial score (nSPS) is 18.1. The Morgan fingerprint density at radius 2 is 1.90 bits per heavy atom. The van der Waals surface area contributed by atoms with Crippen LogP contribution in [0.5, 0.6) is 0 Å². The van der Waals surface area contributed by atoms with Gasteiger partial charge in [-0.25, -0.2) is 0 Å². The van der Waals surface area contributed by atoms with E-state index in [4.69, 9.17) is 4.74 Å². The first kappa shape index (κ1) is 17.9. The molecule has 0 aromatic rings.